The van der Waals surface area contributed by atoms with Crippen LogP contribution in [-0.2, 0) is 16.1 Å². The molecule has 0 radical (unpaired) electrons. The molecule has 1 aromatic heterocycles. The summed E-state index contributed by atoms with van der Waals surface area (Å²) >= 11 is 1.68. The van der Waals surface area contributed by atoms with Crippen molar-refractivity contribution in [2.24, 2.45) is 5.92 Å². The zero-order chi connectivity index (χ0) is 19.1. The summed E-state index contributed by atoms with van der Waals surface area (Å²) in [5.74, 6) is 0.208. The summed E-state index contributed by atoms with van der Waals surface area (Å²) in [5, 5.41) is 7.53. The van der Waals surface area contributed by atoms with E-state index >= 15 is 0 Å². The highest BCUT2D eigenvalue weighted by atomic mass is 32.1. The Morgan fingerprint density at radius 3 is 2.81 bits per heavy atom. The van der Waals surface area contributed by atoms with Crippen LogP contribution in [0.4, 0.5) is 4.79 Å². The quantitative estimate of drug-likeness (QED) is 0.747. The van der Waals surface area contributed by atoms with Crippen molar-refractivity contribution in [2.75, 3.05) is 19.7 Å². The molecule has 0 aromatic carbocycles. The van der Waals surface area contributed by atoms with Crippen molar-refractivity contribution >= 4 is 23.3 Å². The van der Waals surface area contributed by atoms with E-state index in [9.17, 15) is 9.59 Å². The van der Waals surface area contributed by atoms with Gasteiger partial charge in [-0.05, 0) is 43.0 Å². The van der Waals surface area contributed by atoms with Crippen molar-refractivity contribution in [1.82, 2.24) is 15.5 Å². The number of nitrogens with one attached hydrogen (secondary N) is 2. The number of ether oxygens (including phenoxy) is 1. The molecule has 1 aliphatic heterocycles. The molecule has 1 aliphatic carbocycles. The van der Waals surface area contributed by atoms with Crippen LogP contribution in [0.2, 0.25) is 0 Å². The second kappa shape index (κ2) is 10.2. The lowest BCUT2D eigenvalue weighted by molar-refractivity contribution is -0.121. The lowest BCUT2D eigenvalue weighted by Gasteiger charge is -2.29. The van der Waals surface area contributed by atoms with Gasteiger partial charge in [-0.3, -0.25) is 15.0 Å². The first-order valence-corrected chi connectivity index (χ1v) is 10.9. The molecule has 6 nitrogen and oxygen atoms in total. The van der Waals surface area contributed by atoms with Gasteiger partial charge < -0.3 is 10.1 Å². The summed E-state index contributed by atoms with van der Waals surface area (Å²) < 4.78 is 5.73. The number of thiophene rings is 1. The largest absolute Gasteiger partial charge is 0.377 e. The molecule has 2 fully saturated rings. The summed E-state index contributed by atoms with van der Waals surface area (Å²) in [6.45, 7) is 4.58. The van der Waals surface area contributed by atoms with Gasteiger partial charge in [0, 0.05) is 30.6 Å². The maximum absolute atomic E-state index is 12.4. The Bertz CT molecular complexity index is 602. The Morgan fingerprint density at radius 2 is 2.11 bits per heavy atom. The first kappa shape index (κ1) is 20.3. The maximum atomic E-state index is 12.4. The summed E-state index contributed by atoms with van der Waals surface area (Å²) in [5.41, 5.74) is 0. The van der Waals surface area contributed by atoms with Gasteiger partial charge in [0.25, 0.3) is 0 Å². The predicted octanol–water partition coefficient (Wildman–Crippen LogP) is 3.13. The van der Waals surface area contributed by atoms with Crippen molar-refractivity contribution in [3.8, 4) is 0 Å². The predicted molar refractivity (Wildman–Crippen MR) is 107 cm³/mol. The van der Waals surface area contributed by atoms with Gasteiger partial charge in [0.2, 0.25) is 5.91 Å². The van der Waals surface area contributed by atoms with Gasteiger partial charge in [-0.1, -0.05) is 25.8 Å². The highest BCUT2D eigenvalue weighted by molar-refractivity contribution is 7.09. The van der Waals surface area contributed by atoms with Crippen LogP contribution in [-0.4, -0.2) is 48.7 Å². The van der Waals surface area contributed by atoms with E-state index in [1.165, 1.54) is 11.3 Å². The number of carbonyl (C=O) groups excluding carboxylic acids is 2. The third-order valence-electron chi connectivity index (χ3n) is 5.49. The first-order chi connectivity index (χ1) is 13.1. The van der Waals surface area contributed by atoms with E-state index in [-0.39, 0.29) is 30.6 Å². The lowest BCUT2D eigenvalue weighted by atomic mass is 9.86. The van der Waals surface area contributed by atoms with Crippen molar-refractivity contribution < 1.29 is 14.3 Å². The standard InChI is InChI=1S/C20H31N3O3S/c1-15-6-2-3-9-18(15)21-20(25)22-19(24)14-23(12-16-7-4-10-26-16)13-17-8-5-11-27-17/h5,8,11,15-16,18H,2-4,6-7,9-10,12-14H2,1H3,(H2,21,22,24,25)/t15-,16+,18-/m1/s1. The number of hydrogen-bond acceptors (Lipinski definition) is 5. The highest BCUT2D eigenvalue weighted by Crippen LogP contribution is 2.23. The van der Waals surface area contributed by atoms with Crippen LogP contribution in [0.1, 0.15) is 50.3 Å². The minimum absolute atomic E-state index is 0.167. The topological polar surface area (TPSA) is 70.7 Å². The first-order valence-electron chi connectivity index (χ1n) is 10.1. The van der Waals surface area contributed by atoms with Gasteiger partial charge in [-0.25, -0.2) is 4.79 Å². The number of rotatable bonds is 7. The zero-order valence-corrected chi connectivity index (χ0v) is 16.9. The fraction of sp³-hybridized carbons (Fsp3) is 0.700. The van der Waals surface area contributed by atoms with Crippen LogP contribution in [0.3, 0.4) is 0 Å². The van der Waals surface area contributed by atoms with Gasteiger partial charge in [0.05, 0.1) is 12.6 Å². The van der Waals surface area contributed by atoms with Crippen LogP contribution >= 0.6 is 11.3 Å². The van der Waals surface area contributed by atoms with Crippen LogP contribution in [0.25, 0.3) is 0 Å². The molecule has 2 N–H and O–H groups in total. The molecular formula is C20H31N3O3S. The van der Waals surface area contributed by atoms with Crippen molar-refractivity contribution in [2.45, 2.75) is 64.1 Å². The molecule has 1 aromatic rings. The molecule has 0 bridgehead atoms. The number of urea groups is 1. The van der Waals surface area contributed by atoms with Crippen molar-refractivity contribution in [1.29, 1.82) is 0 Å². The molecule has 0 unspecified atom stereocenters. The van der Waals surface area contributed by atoms with E-state index in [0.29, 0.717) is 19.0 Å². The molecule has 1 saturated heterocycles. The van der Waals surface area contributed by atoms with E-state index in [1.54, 1.807) is 11.3 Å². The van der Waals surface area contributed by atoms with Crippen molar-refractivity contribution in [3.63, 3.8) is 0 Å². The normalized spacial score (nSPS) is 25.5. The van der Waals surface area contributed by atoms with E-state index in [1.807, 2.05) is 11.4 Å². The molecule has 3 amide bonds. The third kappa shape index (κ3) is 6.59. The lowest BCUT2D eigenvalue weighted by Crippen LogP contribution is -2.50. The maximum Gasteiger partial charge on any atom is 0.321 e. The summed E-state index contributed by atoms with van der Waals surface area (Å²) in [7, 11) is 0. The monoisotopic (exact) mass is 393 g/mol. The van der Waals surface area contributed by atoms with E-state index in [2.05, 4.69) is 28.5 Å². The van der Waals surface area contributed by atoms with Gasteiger partial charge >= 0.3 is 6.03 Å². The second-order valence-corrected chi connectivity index (χ2v) is 8.81. The zero-order valence-electron chi connectivity index (χ0n) is 16.1. The number of nitrogens with zero attached hydrogens (tertiary/aromatic N) is 1. The number of amides is 3. The average molecular weight is 394 g/mol. The van der Waals surface area contributed by atoms with Crippen LogP contribution < -0.4 is 10.6 Å². The molecule has 3 atom stereocenters. The molecule has 1 saturated carbocycles. The Morgan fingerprint density at radius 1 is 1.26 bits per heavy atom. The minimum Gasteiger partial charge on any atom is -0.377 e. The third-order valence-corrected chi connectivity index (χ3v) is 6.35. The van der Waals surface area contributed by atoms with Crippen LogP contribution in [0.5, 0.6) is 0 Å². The molecule has 27 heavy (non-hydrogen) atoms. The summed E-state index contributed by atoms with van der Waals surface area (Å²) in [4.78, 5) is 28.0. The van der Waals surface area contributed by atoms with Crippen LogP contribution in [0.15, 0.2) is 17.5 Å². The molecule has 7 heteroatoms. The number of hydrogen-bond donors (Lipinski definition) is 2. The summed E-state index contributed by atoms with van der Waals surface area (Å²) in [6.07, 6.45) is 6.77. The van der Waals surface area contributed by atoms with Gasteiger partial charge in [0.1, 0.15) is 0 Å². The van der Waals surface area contributed by atoms with Crippen molar-refractivity contribution in [3.05, 3.63) is 22.4 Å². The molecule has 150 valence electrons. The fourth-order valence-electron chi connectivity index (χ4n) is 3.99. The number of imide groups is 1. The highest BCUT2D eigenvalue weighted by Gasteiger charge is 2.25. The van der Waals surface area contributed by atoms with Gasteiger partial charge in [0.15, 0.2) is 0 Å². The second-order valence-electron chi connectivity index (χ2n) is 7.77. The van der Waals surface area contributed by atoms with Gasteiger partial charge in [-0.2, -0.15) is 0 Å². The smallest absolute Gasteiger partial charge is 0.321 e. The Labute approximate surface area is 165 Å². The van der Waals surface area contributed by atoms with Crippen LogP contribution in [0, 0.1) is 5.92 Å². The molecule has 2 heterocycles. The molecule has 0 spiro atoms. The minimum atomic E-state index is -0.369. The van der Waals surface area contributed by atoms with E-state index < -0.39 is 0 Å². The molecular weight excluding hydrogens is 362 g/mol. The summed E-state index contributed by atoms with van der Waals surface area (Å²) in [6, 6.07) is 3.89. The molecule has 2 aliphatic rings. The Kier molecular flexibility index (Phi) is 7.67. The molecule has 3 rings (SSSR count). The van der Waals surface area contributed by atoms with E-state index in [0.717, 1.165) is 38.7 Å². The van der Waals surface area contributed by atoms with Gasteiger partial charge in [-0.15, -0.1) is 11.3 Å². The number of carbonyl (C=O) groups is 2. The Balaban J connectivity index is 1.49. The average Bonchev–Trinajstić information content (AvgIpc) is 3.31. The van der Waals surface area contributed by atoms with E-state index in [4.69, 9.17) is 4.74 Å². The fourth-order valence-corrected chi connectivity index (χ4v) is 4.73. The SMILES string of the molecule is C[C@@H]1CCCC[C@H]1NC(=O)NC(=O)CN(Cc1cccs1)C[C@@H]1CCCO1. The Hall–Kier alpha value is -1.44.